The van der Waals surface area contributed by atoms with Crippen LogP contribution in [-0.2, 0) is 4.79 Å². The number of carbonyl (C=O) groups excluding carboxylic acids is 2. The molecule has 0 radical (unpaired) electrons. The average molecular weight is 325 g/mol. The van der Waals surface area contributed by atoms with E-state index in [9.17, 15) is 9.59 Å². The molecule has 0 fully saturated rings. The zero-order valence-corrected chi connectivity index (χ0v) is 14.6. The van der Waals surface area contributed by atoms with Crippen LogP contribution in [0.25, 0.3) is 0 Å². The molecule has 0 heterocycles. The normalized spacial score (nSPS) is 10.7. The fraction of sp³-hybridized carbons (Fsp3) is 0.300. The van der Waals surface area contributed by atoms with E-state index >= 15 is 0 Å². The van der Waals surface area contributed by atoms with Gasteiger partial charge in [-0.3, -0.25) is 9.59 Å². The zero-order chi connectivity index (χ0) is 17.5. The van der Waals surface area contributed by atoms with E-state index in [2.05, 4.69) is 19.2 Å². The topological polar surface area (TPSA) is 50.6 Å². The molecule has 0 saturated heterocycles. The van der Waals surface area contributed by atoms with Gasteiger partial charge in [0.2, 0.25) is 0 Å². The summed E-state index contributed by atoms with van der Waals surface area (Å²) in [4.78, 5) is 26.3. The van der Waals surface area contributed by atoms with Gasteiger partial charge in [0.25, 0.3) is 5.91 Å². The van der Waals surface area contributed by atoms with E-state index in [0.717, 1.165) is 18.7 Å². The van der Waals surface area contributed by atoms with Crippen LogP contribution in [0.1, 0.15) is 35.3 Å². The fourth-order valence-electron chi connectivity index (χ4n) is 2.62. The lowest BCUT2D eigenvalue weighted by Gasteiger charge is -2.16. The minimum atomic E-state index is -0.0789. The maximum Gasteiger partial charge on any atom is 0.279 e. The van der Waals surface area contributed by atoms with Crippen molar-refractivity contribution in [2.24, 2.45) is 0 Å². The fourth-order valence-corrected chi connectivity index (χ4v) is 2.62. The average Bonchev–Trinajstić information content (AvgIpc) is 2.61. The van der Waals surface area contributed by atoms with Crippen LogP contribution in [-0.4, -0.2) is 31.3 Å². The Morgan fingerprint density at radius 3 is 2.29 bits per heavy atom. The number of anilines is 1. The molecule has 0 aliphatic rings. The second kappa shape index (κ2) is 8.41. The Morgan fingerprint density at radius 1 is 1.00 bits per heavy atom. The summed E-state index contributed by atoms with van der Waals surface area (Å²) in [6, 6.07) is 14.7. The molecular formula is C20H25N2O2+. The molecule has 0 aliphatic heterocycles. The highest BCUT2D eigenvalue weighted by molar-refractivity contribution is 6.14. The Morgan fingerprint density at radius 2 is 1.67 bits per heavy atom. The maximum absolute atomic E-state index is 12.8. The second-order valence-corrected chi connectivity index (χ2v) is 5.93. The number of nitrogens with one attached hydrogen (secondary N) is 2. The first kappa shape index (κ1) is 17.9. The first-order valence-corrected chi connectivity index (χ1v) is 8.39. The predicted octanol–water partition coefficient (Wildman–Crippen LogP) is 2.09. The van der Waals surface area contributed by atoms with Crippen LogP contribution in [0.3, 0.4) is 0 Å². The van der Waals surface area contributed by atoms with Gasteiger partial charge in [-0.25, -0.2) is 0 Å². The molecule has 0 aromatic heterocycles. The largest absolute Gasteiger partial charge is 0.328 e. The van der Waals surface area contributed by atoms with Crippen molar-refractivity contribution in [3.8, 4) is 0 Å². The van der Waals surface area contributed by atoms with Gasteiger partial charge >= 0.3 is 0 Å². The second-order valence-electron chi connectivity index (χ2n) is 5.93. The number of ketones is 1. The molecule has 0 unspecified atom stereocenters. The van der Waals surface area contributed by atoms with E-state index in [4.69, 9.17) is 0 Å². The van der Waals surface area contributed by atoms with Crippen LogP contribution in [0.5, 0.6) is 0 Å². The Kier molecular flexibility index (Phi) is 6.27. The molecule has 126 valence electrons. The number of rotatable bonds is 7. The SMILES string of the molecule is CC[NH+](CC)CC(=O)Nc1ccc(C)cc1C(=O)c1ccccc1. The molecule has 24 heavy (non-hydrogen) atoms. The summed E-state index contributed by atoms with van der Waals surface area (Å²) in [5.41, 5.74) is 2.71. The van der Waals surface area contributed by atoms with Crippen LogP contribution in [0.15, 0.2) is 48.5 Å². The van der Waals surface area contributed by atoms with Gasteiger partial charge in [0.1, 0.15) is 0 Å². The maximum atomic E-state index is 12.8. The monoisotopic (exact) mass is 325 g/mol. The van der Waals surface area contributed by atoms with Gasteiger partial charge < -0.3 is 10.2 Å². The summed E-state index contributed by atoms with van der Waals surface area (Å²) in [6.07, 6.45) is 0. The number of hydrogen-bond acceptors (Lipinski definition) is 2. The van der Waals surface area contributed by atoms with Gasteiger partial charge in [-0.2, -0.15) is 0 Å². The Hall–Kier alpha value is -2.46. The molecule has 1 amide bonds. The van der Waals surface area contributed by atoms with E-state index in [0.29, 0.717) is 23.4 Å². The molecule has 4 heteroatoms. The number of amides is 1. The van der Waals surface area contributed by atoms with Crippen molar-refractivity contribution >= 4 is 17.4 Å². The number of likely N-dealkylation sites (N-methyl/N-ethyl adjacent to an activating group) is 1. The lowest BCUT2D eigenvalue weighted by molar-refractivity contribution is -0.888. The number of aryl methyl sites for hydroxylation is 1. The first-order chi connectivity index (χ1) is 11.5. The van der Waals surface area contributed by atoms with Crippen molar-refractivity contribution in [2.75, 3.05) is 25.0 Å². The quantitative estimate of drug-likeness (QED) is 0.766. The summed E-state index contributed by atoms with van der Waals surface area (Å²) >= 11 is 0. The highest BCUT2D eigenvalue weighted by Crippen LogP contribution is 2.21. The van der Waals surface area contributed by atoms with E-state index in [1.165, 1.54) is 4.90 Å². The summed E-state index contributed by atoms with van der Waals surface area (Å²) in [7, 11) is 0. The summed E-state index contributed by atoms with van der Waals surface area (Å²) < 4.78 is 0. The Bertz CT molecular complexity index is 707. The van der Waals surface area contributed by atoms with Crippen molar-refractivity contribution in [3.63, 3.8) is 0 Å². The minimum absolute atomic E-state index is 0.0698. The Labute approximate surface area is 143 Å². The number of carbonyl (C=O) groups is 2. The van der Waals surface area contributed by atoms with Crippen LogP contribution in [0.4, 0.5) is 5.69 Å². The minimum Gasteiger partial charge on any atom is -0.328 e. The molecular weight excluding hydrogens is 300 g/mol. The third-order valence-electron chi connectivity index (χ3n) is 4.14. The third-order valence-corrected chi connectivity index (χ3v) is 4.14. The zero-order valence-electron chi connectivity index (χ0n) is 14.6. The van der Waals surface area contributed by atoms with Crippen molar-refractivity contribution in [1.82, 2.24) is 0 Å². The summed E-state index contributed by atoms with van der Waals surface area (Å²) in [5, 5.41) is 2.91. The van der Waals surface area contributed by atoms with Gasteiger partial charge in [0.15, 0.2) is 12.3 Å². The van der Waals surface area contributed by atoms with Crippen molar-refractivity contribution in [3.05, 3.63) is 65.2 Å². The highest BCUT2D eigenvalue weighted by Gasteiger charge is 2.17. The smallest absolute Gasteiger partial charge is 0.279 e. The van der Waals surface area contributed by atoms with Gasteiger partial charge in [0, 0.05) is 11.1 Å². The molecule has 2 rings (SSSR count). The molecule has 2 N–H and O–H groups in total. The van der Waals surface area contributed by atoms with Crippen LogP contribution in [0, 0.1) is 6.92 Å². The van der Waals surface area contributed by atoms with E-state index in [-0.39, 0.29) is 11.7 Å². The van der Waals surface area contributed by atoms with Gasteiger partial charge in [-0.15, -0.1) is 0 Å². The third kappa shape index (κ3) is 4.52. The molecule has 2 aromatic rings. The predicted molar refractivity (Wildman–Crippen MR) is 96.6 cm³/mol. The molecule has 0 bridgehead atoms. The van der Waals surface area contributed by atoms with E-state index in [1.807, 2.05) is 37.3 Å². The van der Waals surface area contributed by atoms with E-state index < -0.39 is 0 Å². The summed E-state index contributed by atoms with van der Waals surface area (Å²) in [5.74, 6) is -0.149. The highest BCUT2D eigenvalue weighted by atomic mass is 16.2. The number of hydrogen-bond donors (Lipinski definition) is 2. The number of quaternary nitrogens is 1. The van der Waals surface area contributed by atoms with Crippen LogP contribution < -0.4 is 10.2 Å². The van der Waals surface area contributed by atoms with Crippen molar-refractivity contribution in [2.45, 2.75) is 20.8 Å². The van der Waals surface area contributed by atoms with Crippen molar-refractivity contribution < 1.29 is 14.5 Å². The molecule has 2 aromatic carbocycles. The molecule has 0 spiro atoms. The lowest BCUT2D eigenvalue weighted by Crippen LogP contribution is -3.12. The lowest BCUT2D eigenvalue weighted by atomic mass is 9.99. The van der Waals surface area contributed by atoms with Crippen LogP contribution >= 0.6 is 0 Å². The molecule has 0 aliphatic carbocycles. The summed E-state index contributed by atoms with van der Waals surface area (Å²) in [6.45, 7) is 8.25. The van der Waals surface area contributed by atoms with Gasteiger partial charge in [-0.1, -0.05) is 42.0 Å². The molecule has 0 saturated carbocycles. The molecule has 0 atom stereocenters. The first-order valence-electron chi connectivity index (χ1n) is 8.39. The standard InChI is InChI=1S/C20H24N2O2/c1-4-22(5-2)14-19(23)21-18-12-11-15(3)13-17(18)20(24)16-9-7-6-8-10-16/h6-13H,4-5,14H2,1-3H3,(H,21,23)/p+1. The van der Waals surface area contributed by atoms with Crippen molar-refractivity contribution in [1.29, 1.82) is 0 Å². The van der Waals surface area contributed by atoms with E-state index in [1.54, 1.807) is 18.2 Å². The van der Waals surface area contributed by atoms with Gasteiger partial charge in [0.05, 0.1) is 18.8 Å². The van der Waals surface area contributed by atoms with Crippen LogP contribution in [0.2, 0.25) is 0 Å². The molecule has 4 nitrogen and oxygen atoms in total. The number of benzene rings is 2. The van der Waals surface area contributed by atoms with Gasteiger partial charge in [-0.05, 0) is 32.9 Å². The Balaban J connectivity index is 2.25.